The topological polar surface area (TPSA) is 82.4 Å². The molecule has 2 N–H and O–H groups in total. The number of benzene rings is 3. The zero-order valence-corrected chi connectivity index (χ0v) is 23.0. The molecule has 0 atom stereocenters. The van der Waals surface area contributed by atoms with Crippen LogP contribution in [0.1, 0.15) is 28.8 Å². The van der Waals surface area contributed by atoms with E-state index in [1.807, 2.05) is 42.5 Å². The Balaban J connectivity index is 1.33. The molecule has 0 spiro atoms. The van der Waals surface area contributed by atoms with E-state index in [-0.39, 0.29) is 11.6 Å². The van der Waals surface area contributed by atoms with Crippen LogP contribution in [-0.4, -0.2) is 29.0 Å². The molecule has 1 amide bonds. The van der Waals surface area contributed by atoms with Crippen LogP contribution in [0.2, 0.25) is 10.0 Å². The molecule has 3 aromatic carbocycles. The number of halogens is 2. The molecule has 0 bridgehead atoms. The van der Waals surface area contributed by atoms with Gasteiger partial charge in [0.1, 0.15) is 0 Å². The van der Waals surface area contributed by atoms with E-state index in [4.69, 9.17) is 29.8 Å². The molecule has 1 aliphatic rings. The highest BCUT2D eigenvalue weighted by atomic mass is 35.5. The van der Waals surface area contributed by atoms with Crippen LogP contribution in [0, 0.1) is 6.57 Å². The lowest BCUT2D eigenvalue weighted by atomic mass is 10.1. The fourth-order valence-corrected chi connectivity index (χ4v) is 5.48. The Morgan fingerprint density at radius 1 is 1.05 bits per heavy atom. The average Bonchev–Trinajstić information content (AvgIpc) is 3.49. The molecular weight excluding hydrogens is 553 g/mol. The number of aromatic nitrogens is 2. The van der Waals surface area contributed by atoms with Crippen LogP contribution in [0.4, 0.5) is 17.1 Å². The predicted molar refractivity (Wildman–Crippen MR) is 158 cm³/mol. The van der Waals surface area contributed by atoms with E-state index >= 15 is 0 Å². The second kappa shape index (κ2) is 12.0. The molecule has 0 unspecified atom stereocenters. The number of carbonyl (C=O) groups is 1. The first-order chi connectivity index (χ1) is 18.9. The van der Waals surface area contributed by atoms with Crippen molar-refractivity contribution in [3.8, 4) is 11.3 Å². The lowest BCUT2D eigenvalue weighted by Crippen LogP contribution is -2.17. The molecule has 1 saturated heterocycles. The number of anilines is 2. The Morgan fingerprint density at radius 3 is 2.62 bits per heavy atom. The van der Waals surface area contributed by atoms with Gasteiger partial charge in [0.25, 0.3) is 17.2 Å². The minimum absolute atomic E-state index is 0.0232. The summed E-state index contributed by atoms with van der Waals surface area (Å²) in [6.45, 7) is 9.56. The van der Waals surface area contributed by atoms with Crippen molar-refractivity contribution in [3.63, 3.8) is 0 Å². The summed E-state index contributed by atoms with van der Waals surface area (Å²) in [6, 6.07) is 20.0. The molecule has 10 heteroatoms. The highest BCUT2D eigenvalue weighted by Crippen LogP contribution is 2.32. The van der Waals surface area contributed by atoms with Gasteiger partial charge in [-0.25, -0.2) is 9.83 Å². The first kappa shape index (κ1) is 26.8. The van der Waals surface area contributed by atoms with Gasteiger partial charge >= 0.3 is 0 Å². The second-order valence-corrected chi connectivity index (χ2v) is 10.8. The quantitative estimate of drug-likeness (QED) is 0.136. The van der Waals surface area contributed by atoms with Crippen LogP contribution in [0.25, 0.3) is 16.1 Å². The van der Waals surface area contributed by atoms with Crippen LogP contribution in [0.15, 0.2) is 76.7 Å². The molecule has 1 aliphatic heterocycles. The molecule has 39 heavy (non-hydrogen) atoms. The number of nitrogens with one attached hydrogen (secondary N) is 2. The van der Waals surface area contributed by atoms with Gasteiger partial charge in [0.05, 0.1) is 22.3 Å². The zero-order valence-electron chi connectivity index (χ0n) is 20.7. The van der Waals surface area contributed by atoms with Gasteiger partial charge in [0, 0.05) is 35.8 Å². The number of thioether (sulfide) groups is 1. The lowest BCUT2D eigenvalue weighted by molar-refractivity contribution is 0.102. The van der Waals surface area contributed by atoms with E-state index in [1.54, 1.807) is 18.2 Å². The van der Waals surface area contributed by atoms with Gasteiger partial charge in [0.15, 0.2) is 5.16 Å². The Hall–Kier alpha value is -3.77. The van der Waals surface area contributed by atoms with Crippen molar-refractivity contribution in [3.05, 3.63) is 110 Å². The number of H-pyrrole nitrogens is 1. The van der Waals surface area contributed by atoms with Crippen LogP contribution < -0.4 is 15.8 Å². The smallest absolute Gasteiger partial charge is 0.276 e. The van der Waals surface area contributed by atoms with Crippen LogP contribution >= 0.6 is 35.0 Å². The van der Waals surface area contributed by atoms with Crippen molar-refractivity contribution in [2.75, 3.05) is 23.3 Å². The summed E-state index contributed by atoms with van der Waals surface area (Å²) in [7, 11) is 0. The highest BCUT2D eigenvalue weighted by Gasteiger charge is 2.17. The van der Waals surface area contributed by atoms with Crippen LogP contribution in [0.3, 0.4) is 0 Å². The largest absolute Gasteiger partial charge is 0.372 e. The van der Waals surface area contributed by atoms with Gasteiger partial charge in [-0.05, 0) is 66.4 Å². The Labute approximate surface area is 240 Å². The SMILES string of the molecule is [C-]#[N+]c1c(-c2cccc(N3CCCC3)c2)nc(SCc2cccc(NC(=O)c3ccc(Cl)c(Cl)c3)c2)[nH]c1=O. The standard InChI is InChI=1S/C29H23Cl2N5O2S/c1-32-26-25(19-7-5-9-22(15-19)36-12-2-3-13-36)34-29(35-28(26)38)39-17-18-6-4-8-21(14-18)33-27(37)20-10-11-23(30)24(31)16-20/h4-11,14-16H,2-3,12-13,17H2,(H,33,37)(H,34,35,38). The first-order valence-corrected chi connectivity index (χ1v) is 14.0. The molecule has 0 radical (unpaired) electrons. The highest BCUT2D eigenvalue weighted by molar-refractivity contribution is 7.98. The minimum Gasteiger partial charge on any atom is -0.372 e. The number of amides is 1. The fourth-order valence-electron chi connectivity index (χ4n) is 4.38. The summed E-state index contributed by atoms with van der Waals surface area (Å²) >= 11 is 13.3. The van der Waals surface area contributed by atoms with E-state index in [1.165, 1.54) is 17.8 Å². The Kier molecular flexibility index (Phi) is 8.22. The number of hydrogen-bond donors (Lipinski definition) is 2. The summed E-state index contributed by atoms with van der Waals surface area (Å²) < 4.78 is 0. The molecule has 5 rings (SSSR count). The maximum absolute atomic E-state index is 12.8. The second-order valence-electron chi connectivity index (χ2n) is 9.00. The molecule has 4 aromatic rings. The molecule has 1 aromatic heterocycles. The molecular formula is C29H23Cl2N5O2S. The van der Waals surface area contributed by atoms with E-state index in [0.717, 1.165) is 42.7 Å². The number of aromatic amines is 1. The maximum Gasteiger partial charge on any atom is 0.276 e. The van der Waals surface area contributed by atoms with Crippen molar-refractivity contribution in [2.45, 2.75) is 23.8 Å². The van der Waals surface area contributed by atoms with Gasteiger partial charge in [-0.1, -0.05) is 59.2 Å². The van der Waals surface area contributed by atoms with Gasteiger partial charge < -0.3 is 15.2 Å². The number of nitrogens with zero attached hydrogens (tertiary/aromatic N) is 3. The molecule has 1 fully saturated rings. The third-order valence-electron chi connectivity index (χ3n) is 6.32. The molecule has 7 nitrogen and oxygen atoms in total. The van der Waals surface area contributed by atoms with E-state index in [0.29, 0.717) is 37.9 Å². The third-order valence-corrected chi connectivity index (χ3v) is 8.00. The maximum atomic E-state index is 12.8. The van der Waals surface area contributed by atoms with Crippen molar-refractivity contribution < 1.29 is 4.79 Å². The van der Waals surface area contributed by atoms with Gasteiger partial charge in [-0.3, -0.25) is 9.59 Å². The van der Waals surface area contributed by atoms with Crippen LogP contribution in [-0.2, 0) is 5.75 Å². The first-order valence-electron chi connectivity index (χ1n) is 12.3. The van der Waals surface area contributed by atoms with E-state index < -0.39 is 5.56 Å². The summed E-state index contributed by atoms with van der Waals surface area (Å²) in [5.74, 6) is 0.184. The van der Waals surface area contributed by atoms with E-state index in [2.05, 4.69) is 25.0 Å². The van der Waals surface area contributed by atoms with Gasteiger partial charge in [0.2, 0.25) is 0 Å². The predicted octanol–water partition coefficient (Wildman–Crippen LogP) is 7.44. The van der Waals surface area contributed by atoms with Crippen LogP contribution in [0.5, 0.6) is 0 Å². The number of hydrogen-bond acceptors (Lipinski definition) is 5. The summed E-state index contributed by atoms with van der Waals surface area (Å²) in [4.78, 5) is 38.6. The summed E-state index contributed by atoms with van der Waals surface area (Å²) in [6.07, 6.45) is 2.31. The van der Waals surface area contributed by atoms with Crippen molar-refractivity contribution >= 4 is 57.9 Å². The normalized spacial score (nSPS) is 12.8. The summed E-state index contributed by atoms with van der Waals surface area (Å²) in [5, 5.41) is 3.97. The third kappa shape index (κ3) is 6.28. The molecule has 0 aliphatic carbocycles. The summed E-state index contributed by atoms with van der Waals surface area (Å²) in [5.41, 5.74) is 3.63. The van der Waals surface area contributed by atoms with Crippen molar-refractivity contribution in [1.82, 2.24) is 9.97 Å². The van der Waals surface area contributed by atoms with Gasteiger partial charge in [-0.15, -0.1) is 0 Å². The Morgan fingerprint density at radius 2 is 1.85 bits per heavy atom. The monoisotopic (exact) mass is 575 g/mol. The lowest BCUT2D eigenvalue weighted by Gasteiger charge is -2.18. The minimum atomic E-state index is -0.466. The van der Waals surface area contributed by atoms with Crippen molar-refractivity contribution in [1.29, 1.82) is 0 Å². The number of carbonyl (C=O) groups excluding carboxylic acids is 1. The number of rotatable bonds is 7. The fraction of sp³-hybridized carbons (Fsp3) is 0.172. The molecule has 0 saturated carbocycles. The zero-order chi connectivity index (χ0) is 27.4. The van der Waals surface area contributed by atoms with Crippen molar-refractivity contribution in [2.24, 2.45) is 0 Å². The average molecular weight is 577 g/mol. The molecule has 2 heterocycles. The Bertz CT molecular complexity index is 1640. The van der Waals surface area contributed by atoms with E-state index in [9.17, 15) is 9.59 Å². The molecule has 196 valence electrons. The van der Waals surface area contributed by atoms with Gasteiger partial charge in [-0.2, -0.15) is 0 Å².